The van der Waals surface area contributed by atoms with Gasteiger partial charge in [0.05, 0.1) is 7.11 Å². The minimum Gasteiger partial charge on any atom is -0.496 e. The maximum atomic E-state index is 5.17. The van der Waals surface area contributed by atoms with Gasteiger partial charge in [-0.1, -0.05) is 6.07 Å². The summed E-state index contributed by atoms with van der Waals surface area (Å²) in [5.74, 6) is 0.920. The number of aromatic amines is 1. The highest BCUT2D eigenvalue weighted by Gasteiger charge is 1.98. The predicted octanol–water partition coefficient (Wildman–Crippen LogP) is 2.18. The minimum absolute atomic E-state index is 0.920. The standard InChI is InChI=1S/C9H9NO/c1-11-9-4-2-3-8-7(9)5-6-10-8/h2-6,10H,1H3/i1+1. The van der Waals surface area contributed by atoms with E-state index in [1.165, 1.54) is 0 Å². The van der Waals surface area contributed by atoms with Gasteiger partial charge in [-0.05, 0) is 18.2 Å². The number of H-pyrrole nitrogens is 1. The molecule has 0 atom stereocenters. The van der Waals surface area contributed by atoms with Gasteiger partial charge in [-0.2, -0.15) is 0 Å². The molecule has 0 aliphatic carbocycles. The van der Waals surface area contributed by atoms with Crippen molar-refractivity contribution in [2.45, 2.75) is 0 Å². The first-order valence-corrected chi connectivity index (χ1v) is 3.52. The zero-order valence-corrected chi connectivity index (χ0v) is 6.29. The fourth-order valence-corrected chi connectivity index (χ4v) is 1.23. The molecular weight excluding hydrogens is 139 g/mol. The molecule has 0 radical (unpaired) electrons. The zero-order chi connectivity index (χ0) is 7.68. The van der Waals surface area contributed by atoms with E-state index in [-0.39, 0.29) is 0 Å². The maximum absolute atomic E-state index is 5.17. The molecule has 0 spiro atoms. The van der Waals surface area contributed by atoms with Crippen molar-refractivity contribution in [3.63, 3.8) is 0 Å². The lowest BCUT2D eigenvalue weighted by Crippen LogP contribution is -1.81. The van der Waals surface area contributed by atoms with Crippen LogP contribution in [0.4, 0.5) is 0 Å². The first kappa shape index (κ1) is 6.28. The second-order valence-electron chi connectivity index (χ2n) is 2.40. The lowest BCUT2D eigenvalue weighted by molar-refractivity contribution is 0.420. The Hall–Kier alpha value is -1.44. The molecule has 2 aromatic rings. The quantitative estimate of drug-likeness (QED) is 0.616. The van der Waals surface area contributed by atoms with Gasteiger partial charge >= 0.3 is 0 Å². The van der Waals surface area contributed by atoms with Crippen LogP contribution in [0.1, 0.15) is 0 Å². The summed E-state index contributed by atoms with van der Waals surface area (Å²) in [5, 5.41) is 1.13. The van der Waals surface area contributed by atoms with Crippen molar-refractivity contribution >= 4 is 10.9 Å². The van der Waals surface area contributed by atoms with Crippen LogP contribution in [0.3, 0.4) is 0 Å². The topological polar surface area (TPSA) is 25.0 Å². The van der Waals surface area contributed by atoms with Crippen LogP contribution in [-0.2, 0) is 0 Å². The third-order valence-corrected chi connectivity index (χ3v) is 1.77. The van der Waals surface area contributed by atoms with Gasteiger partial charge in [0, 0.05) is 17.1 Å². The molecule has 0 aliphatic heterocycles. The Bertz CT molecular complexity index is 364. The Balaban J connectivity index is 2.79. The number of ether oxygens (including phenoxy) is 1. The number of fused-ring (bicyclic) bond motifs is 1. The van der Waals surface area contributed by atoms with Gasteiger partial charge in [-0.3, -0.25) is 0 Å². The van der Waals surface area contributed by atoms with E-state index in [1.807, 2.05) is 30.5 Å². The largest absolute Gasteiger partial charge is 0.496 e. The van der Waals surface area contributed by atoms with Crippen molar-refractivity contribution < 1.29 is 4.74 Å². The van der Waals surface area contributed by atoms with Gasteiger partial charge in [0.2, 0.25) is 0 Å². The second-order valence-corrected chi connectivity index (χ2v) is 2.40. The fraction of sp³-hybridized carbons (Fsp3) is 0.111. The van der Waals surface area contributed by atoms with Crippen LogP contribution in [-0.4, -0.2) is 12.1 Å². The molecule has 0 fully saturated rings. The van der Waals surface area contributed by atoms with Crippen molar-refractivity contribution in [1.82, 2.24) is 4.98 Å². The summed E-state index contributed by atoms with van der Waals surface area (Å²) in [4.78, 5) is 3.11. The summed E-state index contributed by atoms with van der Waals surface area (Å²) in [6, 6.07) is 7.96. The molecule has 0 bridgehead atoms. The number of methoxy groups -OCH3 is 1. The molecule has 11 heavy (non-hydrogen) atoms. The highest BCUT2D eigenvalue weighted by molar-refractivity contribution is 5.85. The van der Waals surface area contributed by atoms with Crippen molar-refractivity contribution in [3.8, 4) is 5.75 Å². The van der Waals surface area contributed by atoms with Crippen LogP contribution in [0.5, 0.6) is 5.75 Å². The van der Waals surface area contributed by atoms with Gasteiger partial charge in [0.1, 0.15) is 5.75 Å². The van der Waals surface area contributed by atoms with Crippen LogP contribution in [0, 0.1) is 0 Å². The van der Waals surface area contributed by atoms with Crippen molar-refractivity contribution in [2.24, 2.45) is 0 Å². The van der Waals surface area contributed by atoms with Crippen molar-refractivity contribution in [3.05, 3.63) is 30.5 Å². The SMILES string of the molecule is [13CH3]Oc1cccc2[nH]ccc12. The van der Waals surface area contributed by atoms with Crippen molar-refractivity contribution in [2.75, 3.05) is 7.11 Å². The number of rotatable bonds is 1. The van der Waals surface area contributed by atoms with E-state index in [0.717, 1.165) is 16.7 Å². The number of nitrogens with one attached hydrogen (secondary N) is 1. The number of hydrogen-bond donors (Lipinski definition) is 1. The fourth-order valence-electron chi connectivity index (χ4n) is 1.23. The molecule has 1 heterocycles. The van der Waals surface area contributed by atoms with Gasteiger partial charge in [-0.25, -0.2) is 0 Å². The van der Waals surface area contributed by atoms with E-state index in [0.29, 0.717) is 0 Å². The summed E-state index contributed by atoms with van der Waals surface area (Å²) >= 11 is 0. The van der Waals surface area contributed by atoms with Crippen LogP contribution in [0.25, 0.3) is 10.9 Å². The average molecular weight is 148 g/mol. The van der Waals surface area contributed by atoms with Crippen LogP contribution in [0.15, 0.2) is 30.5 Å². The highest BCUT2D eigenvalue weighted by Crippen LogP contribution is 2.23. The Morgan fingerprint density at radius 2 is 2.18 bits per heavy atom. The summed E-state index contributed by atoms with van der Waals surface area (Å²) in [6.07, 6.45) is 1.91. The number of hydrogen-bond acceptors (Lipinski definition) is 1. The molecule has 0 saturated heterocycles. The lowest BCUT2D eigenvalue weighted by atomic mass is 10.2. The monoisotopic (exact) mass is 148 g/mol. The molecule has 1 N–H and O–H groups in total. The van der Waals surface area contributed by atoms with E-state index in [4.69, 9.17) is 4.74 Å². The van der Waals surface area contributed by atoms with Gasteiger partial charge in [-0.15, -0.1) is 0 Å². The lowest BCUT2D eigenvalue weighted by Gasteiger charge is -1.99. The Kier molecular flexibility index (Phi) is 1.32. The van der Waals surface area contributed by atoms with E-state index in [2.05, 4.69) is 4.98 Å². The molecular formula is C9H9NO. The van der Waals surface area contributed by atoms with Gasteiger partial charge in [0.25, 0.3) is 0 Å². The van der Waals surface area contributed by atoms with E-state index >= 15 is 0 Å². The summed E-state index contributed by atoms with van der Waals surface area (Å²) in [7, 11) is 1.68. The van der Waals surface area contributed by atoms with Crippen LogP contribution >= 0.6 is 0 Å². The molecule has 0 amide bonds. The highest BCUT2D eigenvalue weighted by atomic mass is 16.5. The summed E-state index contributed by atoms with van der Waals surface area (Å²) < 4.78 is 5.17. The summed E-state index contributed by atoms with van der Waals surface area (Å²) in [6.45, 7) is 0. The predicted molar refractivity (Wildman–Crippen MR) is 44.9 cm³/mol. The molecule has 2 nitrogen and oxygen atoms in total. The molecule has 2 rings (SSSR count). The number of aromatic nitrogens is 1. The maximum Gasteiger partial charge on any atom is 0.128 e. The van der Waals surface area contributed by atoms with Crippen LogP contribution < -0.4 is 4.74 Å². The van der Waals surface area contributed by atoms with Crippen molar-refractivity contribution in [1.29, 1.82) is 0 Å². The average Bonchev–Trinajstić information content (AvgIpc) is 2.50. The summed E-state index contributed by atoms with van der Waals surface area (Å²) in [5.41, 5.74) is 1.12. The van der Waals surface area contributed by atoms with E-state index < -0.39 is 0 Å². The number of benzene rings is 1. The molecule has 0 aliphatic rings. The van der Waals surface area contributed by atoms with E-state index in [9.17, 15) is 0 Å². The molecule has 0 saturated carbocycles. The van der Waals surface area contributed by atoms with E-state index in [1.54, 1.807) is 7.11 Å². The molecule has 56 valence electrons. The first-order valence-electron chi connectivity index (χ1n) is 3.52. The van der Waals surface area contributed by atoms with Gasteiger partial charge < -0.3 is 9.72 Å². The molecule has 1 aromatic heterocycles. The molecule has 1 aromatic carbocycles. The Labute approximate surface area is 64.8 Å². The first-order chi connectivity index (χ1) is 5.42. The smallest absolute Gasteiger partial charge is 0.128 e. The van der Waals surface area contributed by atoms with Crippen LogP contribution in [0.2, 0.25) is 0 Å². The molecule has 2 heteroatoms. The Morgan fingerprint density at radius 3 is 3.00 bits per heavy atom. The molecule has 0 unspecified atom stereocenters. The normalized spacial score (nSPS) is 10.3. The minimum atomic E-state index is 0.920. The third kappa shape index (κ3) is 0.871. The third-order valence-electron chi connectivity index (χ3n) is 1.77. The second kappa shape index (κ2) is 2.31. The zero-order valence-electron chi connectivity index (χ0n) is 6.29. The Morgan fingerprint density at radius 1 is 1.27 bits per heavy atom. The van der Waals surface area contributed by atoms with Gasteiger partial charge in [0.15, 0.2) is 0 Å².